The van der Waals surface area contributed by atoms with Gasteiger partial charge < -0.3 is 0 Å². The first-order valence-electron chi connectivity index (χ1n) is 5.82. The molecule has 0 atom stereocenters. The van der Waals surface area contributed by atoms with Gasteiger partial charge in [0.15, 0.2) is 5.82 Å². The monoisotopic (exact) mass is 267 g/mol. The molecule has 0 saturated carbocycles. The molecular weight excluding hydrogens is 258 g/mol. The van der Waals surface area contributed by atoms with Crippen molar-refractivity contribution in [2.75, 3.05) is 0 Å². The van der Waals surface area contributed by atoms with Gasteiger partial charge in [0.1, 0.15) is 5.69 Å². The van der Waals surface area contributed by atoms with Gasteiger partial charge in [0.05, 0.1) is 16.8 Å². The Morgan fingerprint density at radius 3 is 2.35 bits per heavy atom. The van der Waals surface area contributed by atoms with Crippen LogP contribution in [0.2, 0.25) is 0 Å². The number of benzene rings is 1. The molecule has 3 aromatic rings. The zero-order valence-electron chi connectivity index (χ0n) is 10.2. The van der Waals surface area contributed by atoms with Crippen LogP contribution in [0.15, 0.2) is 55.0 Å². The van der Waals surface area contributed by atoms with Crippen LogP contribution in [0.4, 0.5) is 5.69 Å². The number of rotatable bonds is 3. The Kier molecular flexibility index (Phi) is 2.92. The van der Waals surface area contributed by atoms with Gasteiger partial charge in [-0.25, -0.2) is 14.6 Å². The molecule has 7 heteroatoms. The van der Waals surface area contributed by atoms with Crippen molar-refractivity contribution in [2.24, 2.45) is 0 Å². The van der Waals surface area contributed by atoms with E-state index < -0.39 is 4.92 Å². The van der Waals surface area contributed by atoms with Gasteiger partial charge in [-0.2, -0.15) is 5.10 Å². The largest absolute Gasteiger partial charge is 0.269 e. The van der Waals surface area contributed by atoms with Crippen molar-refractivity contribution in [3.63, 3.8) is 0 Å². The smallest absolute Gasteiger partial charge is 0.258 e. The standard InChI is InChI=1S/C13H9N5O2/c19-18(20)11-4-2-10(3-5-11)17-12(6-9-16-17)13-14-7-1-8-15-13/h1-9H. The van der Waals surface area contributed by atoms with E-state index in [1.807, 2.05) is 0 Å². The van der Waals surface area contributed by atoms with Crippen molar-refractivity contribution < 1.29 is 4.92 Å². The van der Waals surface area contributed by atoms with Crippen LogP contribution in [0.3, 0.4) is 0 Å². The second-order valence-electron chi connectivity index (χ2n) is 3.97. The van der Waals surface area contributed by atoms with Gasteiger partial charge in [0.2, 0.25) is 0 Å². The maximum Gasteiger partial charge on any atom is 0.269 e. The number of nitrogens with zero attached hydrogens (tertiary/aromatic N) is 5. The van der Waals surface area contributed by atoms with Crippen LogP contribution < -0.4 is 0 Å². The van der Waals surface area contributed by atoms with E-state index in [0.29, 0.717) is 11.5 Å². The summed E-state index contributed by atoms with van der Waals surface area (Å²) in [6.07, 6.45) is 4.93. The molecule has 0 amide bonds. The Morgan fingerprint density at radius 2 is 1.70 bits per heavy atom. The van der Waals surface area contributed by atoms with E-state index in [1.54, 1.807) is 47.5 Å². The molecule has 0 aliphatic rings. The third kappa shape index (κ3) is 2.12. The minimum absolute atomic E-state index is 0.0402. The zero-order chi connectivity index (χ0) is 13.9. The number of non-ortho nitro benzene ring substituents is 1. The van der Waals surface area contributed by atoms with Crippen LogP contribution in [-0.2, 0) is 0 Å². The van der Waals surface area contributed by atoms with Crippen LogP contribution in [0, 0.1) is 10.1 Å². The summed E-state index contributed by atoms with van der Waals surface area (Å²) in [5.74, 6) is 0.545. The molecular formula is C13H9N5O2. The van der Waals surface area contributed by atoms with Gasteiger partial charge >= 0.3 is 0 Å². The fourth-order valence-corrected chi connectivity index (χ4v) is 1.83. The molecule has 98 valence electrons. The quantitative estimate of drug-likeness (QED) is 0.536. The first-order chi connectivity index (χ1) is 9.75. The first-order valence-corrected chi connectivity index (χ1v) is 5.82. The topological polar surface area (TPSA) is 86.7 Å². The van der Waals surface area contributed by atoms with Gasteiger partial charge in [-0.3, -0.25) is 10.1 Å². The van der Waals surface area contributed by atoms with E-state index in [-0.39, 0.29) is 5.69 Å². The number of hydrogen-bond acceptors (Lipinski definition) is 5. The highest BCUT2D eigenvalue weighted by Gasteiger charge is 2.11. The highest BCUT2D eigenvalue weighted by atomic mass is 16.6. The van der Waals surface area contributed by atoms with Gasteiger partial charge in [0, 0.05) is 24.5 Å². The van der Waals surface area contributed by atoms with Crippen molar-refractivity contribution in [1.82, 2.24) is 19.7 Å². The van der Waals surface area contributed by atoms with Gasteiger partial charge in [-0.15, -0.1) is 0 Å². The summed E-state index contributed by atoms with van der Waals surface area (Å²) in [4.78, 5) is 18.6. The van der Waals surface area contributed by atoms with Crippen molar-refractivity contribution in [3.05, 3.63) is 65.1 Å². The minimum Gasteiger partial charge on any atom is -0.258 e. The van der Waals surface area contributed by atoms with E-state index in [2.05, 4.69) is 15.1 Å². The van der Waals surface area contributed by atoms with Crippen LogP contribution in [0.1, 0.15) is 0 Å². The van der Waals surface area contributed by atoms with E-state index in [0.717, 1.165) is 5.69 Å². The lowest BCUT2D eigenvalue weighted by Gasteiger charge is -2.05. The molecule has 0 spiro atoms. The maximum atomic E-state index is 10.7. The number of nitro benzene ring substituents is 1. The molecule has 0 bridgehead atoms. The average Bonchev–Trinajstić information content (AvgIpc) is 2.97. The van der Waals surface area contributed by atoms with Gasteiger partial charge in [0.25, 0.3) is 5.69 Å². The third-order valence-corrected chi connectivity index (χ3v) is 2.74. The first kappa shape index (κ1) is 12.0. The van der Waals surface area contributed by atoms with Crippen molar-refractivity contribution in [2.45, 2.75) is 0 Å². The van der Waals surface area contributed by atoms with Crippen LogP contribution in [0.25, 0.3) is 17.2 Å². The molecule has 7 nitrogen and oxygen atoms in total. The second-order valence-corrected chi connectivity index (χ2v) is 3.97. The second kappa shape index (κ2) is 4.88. The number of aromatic nitrogens is 4. The van der Waals surface area contributed by atoms with Crippen molar-refractivity contribution in [3.8, 4) is 17.2 Å². The highest BCUT2D eigenvalue weighted by Crippen LogP contribution is 2.20. The molecule has 0 unspecified atom stereocenters. The summed E-state index contributed by atoms with van der Waals surface area (Å²) in [6.45, 7) is 0. The lowest BCUT2D eigenvalue weighted by Crippen LogP contribution is -2.01. The number of hydrogen-bond donors (Lipinski definition) is 0. The predicted octanol–water partition coefficient (Wildman–Crippen LogP) is 2.24. The molecule has 0 saturated heterocycles. The van der Waals surface area contributed by atoms with Crippen molar-refractivity contribution in [1.29, 1.82) is 0 Å². The Morgan fingerprint density at radius 1 is 1.00 bits per heavy atom. The molecule has 1 aromatic carbocycles. The summed E-state index contributed by atoms with van der Waals surface area (Å²) in [5.41, 5.74) is 1.47. The summed E-state index contributed by atoms with van der Waals surface area (Å²) in [7, 11) is 0. The van der Waals surface area contributed by atoms with E-state index >= 15 is 0 Å². The summed E-state index contributed by atoms with van der Waals surface area (Å²) in [6, 6.07) is 9.67. The summed E-state index contributed by atoms with van der Waals surface area (Å²) < 4.78 is 1.64. The van der Waals surface area contributed by atoms with E-state index in [1.165, 1.54) is 12.1 Å². The molecule has 0 aliphatic carbocycles. The Bertz CT molecular complexity index is 737. The summed E-state index contributed by atoms with van der Waals surface area (Å²) >= 11 is 0. The van der Waals surface area contributed by atoms with Crippen LogP contribution >= 0.6 is 0 Å². The van der Waals surface area contributed by atoms with E-state index in [4.69, 9.17) is 0 Å². The Hall–Kier alpha value is -3.09. The zero-order valence-corrected chi connectivity index (χ0v) is 10.2. The third-order valence-electron chi connectivity index (χ3n) is 2.74. The number of nitro groups is 1. The van der Waals surface area contributed by atoms with Gasteiger partial charge in [-0.05, 0) is 24.3 Å². The molecule has 0 aliphatic heterocycles. The fraction of sp³-hybridized carbons (Fsp3) is 0. The molecule has 20 heavy (non-hydrogen) atoms. The summed E-state index contributed by atoms with van der Waals surface area (Å²) in [5, 5.41) is 14.9. The van der Waals surface area contributed by atoms with Gasteiger partial charge in [-0.1, -0.05) is 0 Å². The predicted molar refractivity (Wildman–Crippen MR) is 71.2 cm³/mol. The Balaban J connectivity index is 2.04. The Labute approximate surface area is 113 Å². The molecule has 3 rings (SSSR count). The SMILES string of the molecule is O=[N+]([O-])c1ccc(-n2nccc2-c2ncccn2)cc1. The lowest BCUT2D eigenvalue weighted by atomic mass is 10.2. The molecule has 2 heterocycles. The molecule has 0 N–H and O–H groups in total. The van der Waals surface area contributed by atoms with Crippen molar-refractivity contribution >= 4 is 5.69 Å². The van der Waals surface area contributed by atoms with Crippen LogP contribution in [-0.4, -0.2) is 24.7 Å². The highest BCUT2D eigenvalue weighted by molar-refractivity contribution is 5.54. The minimum atomic E-state index is -0.436. The lowest BCUT2D eigenvalue weighted by molar-refractivity contribution is -0.384. The van der Waals surface area contributed by atoms with Crippen LogP contribution in [0.5, 0.6) is 0 Å². The van der Waals surface area contributed by atoms with E-state index in [9.17, 15) is 10.1 Å². The maximum absolute atomic E-state index is 10.7. The average molecular weight is 267 g/mol. The normalized spacial score (nSPS) is 10.4. The fourth-order valence-electron chi connectivity index (χ4n) is 1.83. The molecule has 2 aromatic heterocycles. The molecule has 0 radical (unpaired) electrons. The molecule has 0 fully saturated rings.